The van der Waals surface area contributed by atoms with Gasteiger partial charge in [-0.1, -0.05) is 269 Å². The minimum atomic E-state index is -4.39. The van der Waals surface area contributed by atoms with Gasteiger partial charge < -0.3 is 20.1 Å². The predicted molar refractivity (Wildman–Crippen MR) is 307 cm³/mol. The molecule has 2 atom stereocenters. The summed E-state index contributed by atoms with van der Waals surface area (Å²) in [5.41, 5.74) is 5.38. The van der Waals surface area contributed by atoms with E-state index < -0.39 is 26.5 Å². The first-order valence-electron chi connectivity index (χ1n) is 31.0. The van der Waals surface area contributed by atoms with Gasteiger partial charge in [0.1, 0.15) is 6.61 Å². The number of phosphoric acid groups is 1. The topological polar surface area (TPSA) is 134 Å². The van der Waals surface area contributed by atoms with Gasteiger partial charge in [-0.3, -0.25) is 18.6 Å². The van der Waals surface area contributed by atoms with E-state index in [4.69, 9.17) is 24.3 Å². The Labute approximate surface area is 445 Å². The number of hydrogen-bond acceptors (Lipinski definition) is 8. The number of rotatable bonds is 59. The quantitative estimate of drug-likeness (QED) is 0.0264. The van der Waals surface area contributed by atoms with Crippen LogP contribution in [0.2, 0.25) is 0 Å². The van der Waals surface area contributed by atoms with Crippen LogP contribution in [-0.2, 0) is 32.7 Å². The lowest BCUT2D eigenvalue weighted by atomic mass is 10.0. The fourth-order valence-electron chi connectivity index (χ4n) is 9.13. The first-order valence-corrected chi connectivity index (χ1v) is 32.5. The summed E-state index contributed by atoms with van der Waals surface area (Å²) in [4.78, 5) is 35.2. The highest BCUT2D eigenvalue weighted by molar-refractivity contribution is 7.47. The molecule has 0 aliphatic heterocycles. The predicted octanol–water partition coefficient (Wildman–Crippen LogP) is 19.6. The minimum Gasteiger partial charge on any atom is -0.462 e. The third-order valence-electron chi connectivity index (χ3n) is 13.7. The lowest BCUT2D eigenvalue weighted by Crippen LogP contribution is -2.29. The van der Waals surface area contributed by atoms with E-state index in [1.807, 2.05) is 0 Å². The zero-order valence-corrected chi connectivity index (χ0v) is 48.3. The standard InChI is InChI=1S/C62H118NO8P/c1-3-5-7-9-11-13-15-17-19-21-23-24-25-26-27-28-29-30-31-32-33-34-35-36-37-39-41-43-45-47-49-51-53-55-62(65)71-60(59-70-72(66,67)69-57-56-63)58-68-61(64)54-52-50-48-46-44-42-40-38-22-20-18-16-14-12-10-8-6-4-2/h15,17,20-23,60H,3-14,16,18-19,24-59,63H2,1-2H3,(H,66,67)/b17-15-,22-20-,23-21-. The number of carbonyl (C=O) groups is 2. The zero-order chi connectivity index (χ0) is 52.4. The normalized spacial score (nSPS) is 13.2. The van der Waals surface area contributed by atoms with E-state index >= 15 is 0 Å². The molecule has 0 aromatic heterocycles. The Morgan fingerprint density at radius 1 is 0.417 bits per heavy atom. The Hall–Kier alpha value is -1.77. The summed E-state index contributed by atoms with van der Waals surface area (Å²) in [6, 6.07) is 0. The minimum absolute atomic E-state index is 0.0546. The molecule has 2 unspecified atom stereocenters. The highest BCUT2D eigenvalue weighted by Crippen LogP contribution is 2.43. The number of allylic oxidation sites excluding steroid dienone is 6. The molecule has 0 radical (unpaired) electrons. The molecular weight excluding hydrogens is 918 g/mol. The van der Waals surface area contributed by atoms with Crippen LogP contribution in [0.1, 0.15) is 316 Å². The molecule has 0 aliphatic rings. The van der Waals surface area contributed by atoms with Crippen molar-refractivity contribution in [3.63, 3.8) is 0 Å². The van der Waals surface area contributed by atoms with Gasteiger partial charge in [0, 0.05) is 19.4 Å². The van der Waals surface area contributed by atoms with E-state index in [9.17, 15) is 19.0 Å². The maximum Gasteiger partial charge on any atom is 0.472 e. The van der Waals surface area contributed by atoms with E-state index in [2.05, 4.69) is 50.3 Å². The number of phosphoric ester groups is 1. The van der Waals surface area contributed by atoms with Crippen molar-refractivity contribution in [2.75, 3.05) is 26.4 Å². The second-order valence-electron chi connectivity index (χ2n) is 20.9. The lowest BCUT2D eigenvalue weighted by Gasteiger charge is -2.19. The Balaban J connectivity index is 3.85. The largest absolute Gasteiger partial charge is 0.472 e. The molecule has 9 nitrogen and oxygen atoms in total. The Kier molecular flexibility index (Phi) is 57.1. The van der Waals surface area contributed by atoms with E-state index in [0.29, 0.717) is 6.42 Å². The molecule has 0 aromatic rings. The van der Waals surface area contributed by atoms with E-state index in [0.717, 1.165) is 44.9 Å². The van der Waals surface area contributed by atoms with Gasteiger partial charge in [-0.15, -0.1) is 0 Å². The van der Waals surface area contributed by atoms with Crippen LogP contribution in [0, 0.1) is 0 Å². The highest BCUT2D eigenvalue weighted by atomic mass is 31.2. The van der Waals surface area contributed by atoms with Crippen molar-refractivity contribution < 1.29 is 37.6 Å². The van der Waals surface area contributed by atoms with Crippen LogP contribution in [0.25, 0.3) is 0 Å². The number of hydrogen-bond donors (Lipinski definition) is 2. The zero-order valence-electron chi connectivity index (χ0n) is 47.4. The third-order valence-corrected chi connectivity index (χ3v) is 14.7. The van der Waals surface area contributed by atoms with Crippen molar-refractivity contribution >= 4 is 19.8 Å². The molecule has 0 rings (SSSR count). The first kappa shape index (κ1) is 70.2. The SMILES string of the molecule is CCCCCCC/C=C\C/C=C\CCCCCCCCCCCCCCCCCCCCCCCC(=O)OC(COC(=O)CCCCCCCCC/C=C\CCCCCCCCC)COP(=O)(O)OCCN. The molecule has 0 amide bonds. The van der Waals surface area contributed by atoms with Gasteiger partial charge in [0.15, 0.2) is 6.10 Å². The third kappa shape index (κ3) is 57.5. The molecule has 0 aliphatic carbocycles. The van der Waals surface area contributed by atoms with Gasteiger partial charge >= 0.3 is 19.8 Å². The molecule has 72 heavy (non-hydrogen) atoms. The number of unbranched alkanes of at least 4 members (excludes halogenated alkanes) is 40. The van der Waals surface area contributed by atoms with Crippen molar-refractivity contribution in [2.24, 2.45) is 5.73 Å². The van der Waals surface area contributed by atoms with Gasteiger partial charge in [0.2, 0.25) is 0 Å². The second kappa shape index (κ2) is 58.5. The average molecular weight is 1040 g/mol. The molecule has 0 heterocycles. The van der Waals surface area contributed by atoms with Gasteiger partial charge in [-0.25, -0.2) is 4.57 Å². The summed E-state index contributed by atoms with van der Waals surface area (Å²) in [6.45, 7) is 3.78. The smallest absolute Gasteiger partial charge is 0.462 e. The highest BCUT2D eigenvalue weighted by Gasteiger charge is 2.26. The van der Waals surface area contributed by atoms with Crippen LogP contribution < -0.4 is 5.73 Å². The summed E-state index contributed by atoms with van der Waals surface area (Å²) < 4.78 is 33.1. The molecule has 10 heteroatoms. The Morgan fingerprint density at radius 2 is 0.722 bits per heavy atom. The number of carbonyl (C=O) groups excluding carboxylic acids is 2. The van der Waals surface area contributed by atoms with Crippen molar-refractivity contribution in [2.45, 2.75) is 322 Å². The van der Waals surface area contributed by atoms with Crippen LogP contribution in [0.3, 0.4) is 0 Å². The molecule has 0 spiro atoms. The van der Waals surface area contributed by atoms with Crippen molar-refractivity contribution in [1.29, 1.82) is 0 Å². The first-order chi connectivity index (χ1) is 35.3. The number of esters is 2. The molecule has 3 N–H and O–H groups in total. The fraction of sp³-hybridized carbons (Fsp3) is 0.871. The van der Waals surface area contributed by atoms with Crippen LogP contribution in [0.4, 0.5) is 0 Å². The summed E-state index contributed by atoms with van der Waals surface area (Å²) in [6.07, 6.45) is 70.8. The maximum atomic E-state index is 12.7. The van der Waals surface area contributed by atoms with E-state index in [-0.39, 0.29) is 38.6 Å². The fourth-order valence-corrected chi connectivity index (χ4v) is 9.90. The van der Waals surface area contributed by atoms with Crippen molar-refractivity contribution in [3.8, 4) is 0 Å². The van der Waals surface area contributed by atoms with Gasteiger partial charge in [-0.2, -0.15) is 0 Å². The number of ether oxygens (including phenoxy) is 2. The monoisotopic (exact) mass is 1040 g/mol. The van der Waals surface area contributed by atoms with E-state index in [1.54, 1.807) is 0 Å². The van der Waals surface area contributed by atoms with Gasteiger partial charge in [0.05, 0.1) is 13.2 Å². The van der Waals surface area contributed by atoms with Crippen LogP contribution in [0.5, 0.6) is 0 Å². The molecule has 0 fully saturated rings. The summed E-state index contributed by atoms with van der Waals surface area (Å²) in [5.74, 6) is -0.817. The summed E-state index contributed by atoms with van der Waals surface area (Å²) in [7, 11) is -4.39. The molecule has 424 valence electrons. The van der Waals surface area contributed by atoms with Crippen molar-refractivity contribution in [3.05, 3.63) is 36.5 Å². The van der Waals surface area contributed by atoms with E-state index in [1.165, 1.54) is 238 Å². The lowest BCUT2D eigenvalue weighted by molar-refractivity contribution is -0.161. The summed E-state index contributed by atoms with van der Waals surface area (Å²) >= 11 is 0. The Morgan fingerprint density at radius 3 is 1.07 bits per heavy atom. The number of nitrogens with two attached hydrogens (primary N) is 1. The van der Waals surface area contributed by atoms with Crippen LogP contribution in [0.15, 0.2) is 36.5 Å². The Bertz CT molecular complexity index is 1270. The molecule has 0 saturated heterocycles. The molecule has 0 saturated carbocycles. The second-order valence-corrected chi connectivity index (χ2v) is 22.4. The molecule has 0 bridgehead atoms. The maximum absolute atomic E-state index is 12.7. The summed E-state index contributed by atoms with van der Waals surface area (Å²) in [5, 5.41) is 0. The van der Waals surface area contributed by atoms with Crippen LogP contribution >= 0.6 is 7.82 Å². The van der Waals surface area contributed by atoms with Gasteiger partial charge in [0.25, 0.3) is 0 Å². The average Bonchev–Trinajstić information content (AvgIpc) is 3.37. The van der Waals surface area contributed by atoms with Crippen LogP contribution in [-0.4, -0.2) is 49.3 Å². The van der Waals surface area contributed by atoms with Gasteiger partial charge in [-0.05, 0) is 70.6 Å². The van der Waals surface area contributed by atoms with Crippen molar-refractivity contribution in [1.82, 2.24) is 0 Å². The molecular formula is C62H118NO8P. The molecule has 0 aromatic carbocycles.